The van der Waals surface area contributed by atoms with Crippen molar-refractivity contribution in [1.82, 2.24) is 9.80 Å². The Morgan fingerprint density at radius 3 is 2.17 bits per heavy atom. The van der Waals surface area contributed by atoms with E-state index in [1.165, 1.54) is 24.8 Å². The van der Waals surface area contributed by atoms with Gasteiger partial charge in [0.2, 0.25) is 0 Å². The molecule has 8 heteroatoms. The zero-order valence-corrected chi connectivity index (χ0v) is 36.0. The van der Waals surface area contributed by atoms with Gasteiger partial charge in [0, 0.05) is 43.4 Å². The van der Waals surface area contributed by atoms with Crippen molar-refractivity contribution in [2.24, 2.45) is 62.1 Å². The highest BCUT2D eigenvalue weighted by atomic mass is 16.5. The number of ether oxygens (including phenoxy) is 1. The lowest BCUT2D eigenvalue weighted by Crippen LogP contribution is -2.66. The Labute approximate surface area is 327 Å². The minimum Gasteiger partial charge on any atom is -0.481 e. The van der Waals surface area contributed by atoms with E-state index in [0.29, 0.717) is 24.8 Å². The van der Waals surface area contributed by atoms with Gasteiger partial charge in [0.15, 0.2) is 5.78 Å². The quantitative estimate of drug-likeness (QED) is 0.181. The van der Waals surface area contributed by atoms with Gasteiger partial charge in [-0.1, -0.05) is 60.5 Å². The van der Waals surface area contributed by atoms with E-state index >= 15 is 0 Å². The summed E-state index contributed by atoms with van der Waals surface area (Å²) in [6, 6.07) is 0. The number of nitrogens with zero attached hydrogens (tertiary/aromatic N) is 2. The van der Waals surface area contributed by atoms with Gasteiger partial charge in [-0.25, -0.2) is 0 Å². The van der Waals surface area contributed by atoms with Gasteiger partial charge in [0.1, 0.15) is 6.10 Å². The number of aliphatic hydroxyl groups is 1. The molecule has 9 atom stereocenters. The lowest BCUT2D eigenvalue weighted by molar-refractivity contribution is -0.235. The van der Waals surface area contributed by atoms with Crippen LogP contribution < -0.4 is 0 Å². The first-order valence-electron chi connectivity index (χ1n) is 21.8. The maximum atomic E-state index is 14.2. The van der Waals surface area contributed by atoms with Crippen LogP contribution in [-0.2, 0) is 19.1 Å². The Balaban J connectivity index is 1.28. The summed E-state index contributed by atoms with van der Waals surface area (Å²) in [4.78, 5) is 43.9. The molecule has 54 heavy (non-hydrogen) atoms. The number of fused-ring (bicyclic) bond motifs is 7. The number of rotatable bonds is 13. The Morgan fingerprint density at radius 2 is 1.57 bits per heavy atom. The third kappa shape index (κ3) is 6.76. The van der Waals surface area contributed by atoms with Crippen molar-refractivity contribution in [2.75, 3.05) is 40.3 Å². The van der Waals surface area contributed by atoms with Crippen LogP contribution in [-0.4, -0.2) is 90.2 Å². The number of aliphatic carboxylic acids is 1. The number of allylic oxidation sites excluding steroid dienone is 1. The summed E-state index contributed by atoms with van der Waals surface area (Å²) in [5.41, 5.74) is 0.703. The lowest BCUT2D eigenvalue weighted by atomic mass is 9.33. The number of hydrogen-bond acceptors (Lipinski definition) is 7. The number of aliphatic hydroxyl groups excluding tert-OH is 1. The van der Waals surface area contributed by atoms with Crippen LogP contribution in [0.3, 0.4) is 0 Å². The number of carboxylic acid groups (broad SMARTS) is 1. The molecule has 6 aliphatic rings. The maximum absolute atomic E-state index is 14.2. The largest absolute Gasteiger partial charge is 0.481 e. The van der Waals surface area contributed by atoms with Gasteiger partial charge in [-0.2, -0.15) is 0 Å². The fraction of sp³-hybridized carbons (Fsp3) is 0.891. The minimum absolute atomic E-state index is 0.0135. The van der Waals surface area contributed by atoms with E-state index in [4.69, 9.17) is 4.74 Å². The first-order chi connectivity index (χ1) is 25.0. The van der Waals surface area contributed by atoms with Crippen molar-refractivity contribution in [3.8, 4) is 0 Å². The highest BCUT2D eigenvalue weighted by Gasteiger charge is 2.71. The highest BCUT2D eigenvalue weighted by Crippen LogP contribution is 2.77. The van der Waals surface area contributed by atoms with Crippen LogP contribution >= 0.6 is 0 Å². The van der Waals surface area contributed by atoms with Crippen LogP contribution in [0.1, 0.15) is 146 Å². The predicted octanol–water partition coefficient (Wildman–Crippen LogP) is 8.40. The zero-order chi connectivity index (χ0) is 39.8. The maximum Gasteiger partial charge on any atom is 0.309 e. The number of Topliss-reactive ketones (excluding diaryl/α,β-unsaturated/α-hetero) is 1. The summed E-state index contributed by atoms with van der Waals surface area (Å²) >= 11 is 0. The van der Waals surface area contributed by atoms with E-state index in [-0.39, 0.29) is 51.8 Å². The Bertz CT molecular complexity index is 1500. The van der Waals surface area contributed by atoms with Crippen molar-refractivity contribution in [3.05, 3.63) is 11.1 Å². The Kier molecular flexibility index (Phi) is 11.3. The monoisotopic (exact) mass is 753 g/mol. The van der Waals surface area contributed by atoms with E-state index in [9.17, 15) is 24.6 Å². The van der Waals surface area contributed by atoms with Gasteiger partial charge in [-0.05, 0) is 144 Å². The summed E-state index contributed by atoms with van der Waals surface area (Å²) in [7, 11) is 4.25. The molecule has 0 aromatic heterocycles. The molecular formula is C46H76N2O6. The van der Waals surface area contributed by atoms with Gasteiger partial charge >= 0.3 is 11.9 Å². The molecule has 2 N–H and O–H groups in total. The van der Waals surface area contributed by atoms with Gasteiger partial charge in [0.05, 0.1) is 17.9 Å². The third-order valence-electron chi connectivity index (χ3n) is 17.5. The number of likely N-dealkylation sites (N-methyl/N-ethyl adjacent to an activating group) is 1. The molecule has 0 amide bonds. The molecule has 0 radical (unpaired) electrons. The smallest absolute Gasteiger partial charge is 0.309 e. The number of hydrogen-bond donors (Lipinski definition) is 2. The van der Waals surface area contributed by atoms with Crippen LogP contribution in [0.15, 0.2) is 11.1 Å². The molecule has 6 rings (SSSR count). The van der Waals surface area contributed by atoms with Gasteiger partial charge in [-0.15, -0.1) is 0 Å². The second kappa shape index (κ2) is 14.6. The van der Waals surface area contributed by atoms with Crippen LogP contribution in [0.4, 0.5) is 0 Å². The van der Waals surface area contributed by atoms with E-state index in [1.54, 1.807) is 13.8 Å². The molecule has 0 aromatic rings. The van der Waals surface area contributed by atoms with Crippen molar-refractivity contribution in [1.29, 1.82) is 0 Å². The number of esters is 1. The molecule has 9 unspecified atom stereocenters. The molecule has 0 aromatic carbocycles. The van der Waals surface area contributed by atoms with Crippen molar-refractivity contribution >= 4 is 17.7 Å². The first kappa shape index (κ1) is 41.9. The Hall–Kier alpha value is -1.77. The molecule has 6 aliphatic carbocycles. The van der Waals surface area contributed by atoms with E-state index < -0.39 is 28.9 Å². The highest BCUT2D eigenvalue weighted by molar-refractivity contribution is 6.00. The normalized spacial score (nSPS) is 38.5. The van der Waals surface area contributed by atoms with Gasteiger partial charge in [-0.3, -0.25) is 19.3 Å². The molecule has 0 heterocycles. The molecule has 0 saturated heterocycles. The van der Waals surface area contributed by atoms with E-state index in [2.05, 4.69) is 72.4 Å². The Morgan fingerprint density at radius 1 is 0.889 bits per heavy atom. The molecular weight excluding hydrogens is 677 g/mol. The topological polar surface area (TPSA) is 107 Å². The molecule has 0 bridgehead atoms. The summed E-state index contributed by atoms with van der Waals surface area (Å²) in [5, 5.41) is 22.2. The minimum atomic E-state index is -1.16. The van der Waals surface area contributed by atoms with Gasteiger partial charge < -0.3 is 19.8 Å². The molecule has 8 nitrogen and oxygen atoms in total. The van der Waals surface area contributed by atoms with Crippen molar-refractivity contribution < 1.29 is 29.3 Å². The summed E-state index contributed by atoms with van der Waals surface area (Å²) in [6.07, 6.45) is 11.5. The van der Waals surface area contributed by atoms with Crippen molar-refractivity contribution in [3.63, 3.8) is 0 Å². The third-order valence-corrected chi connectivity index (χ3v) is 17.5. The molecule has 5 fully saturated rings. The standard InChI is InChI=1S/C46H76N2O6/c1-29(2)38-32(49)25-46(35(50)28-48(24-23-47(10)11)27-30-13-12-14-30)22-21-44(8)31(39(38)46)15-16-34-43(7)19-18-36(54-37(51)26-41(3,4)40(52)53)42(5,6)33(43)17-20-45(34,44)9/h29-31,33-36,50H,12-28H2,1-11H3,(H,52,53). The average Bonchev–Trinajstić information content (AvgIpc) is 3.36. The fourth-order valence-corrected chi connectivity index (χ4v) is 14.0. The number of carboxylic acids is 1. The summed E-state index contributed by atoms with van der Waals surface area (Å²) in [6.45, 7) is 23.5. The summed E-state index contributed by atoms with van der Waals surface area (Å²) < 4.78 is 6.19. The summed E-state index contributed by atoms with van der Waals surface area (Å²) in [5.74, 6) is 0.937. The van der Waals surface area contributed by atoms with Crippen LogP contribution in [0.2, 0.25) is 0 Å². The van der Waals surface area contributed by atoms with Gasteiger partial charge in [0.25, 0.3) is 0 Å². The van der Waals surface area contributed by atoms with E-state index in [0.717, 1.165) is 82.5 Å². The molecule has 0 spiro atoms. The molecule has 5 saturated carbocycles. The lowest BCUT2D eigenvalue weighted by Gasteiger charge is -2.72. The van der Waals surface area contributed by atoms with Crippen LogP contribution in [0.5, 0.6) is 0 Å². The van der Waals surface area contributed by atoms with Crippen LogP contribution in [0, 0.1) is 62.1 Å². The average molecular weight is 753 g/mol. The molecule has 0 aliphatic heterocycles. The molecule has 306 valence electrons. The fourth-order valence-electron chi connectivity index (χ4n) is 14.0. The van der Waals surface area contributed by atoms with Crippen LogP contribution in [0.25, 0.3) is 0 Å². The predicted molar refractivity (Wildman–Crippen MR) is 214 cm³/mol. The van der Waals surface area contributed by atoms with Crippen molar-refractivity contribution in [2.45, 2.75) is 158 Å². The number of carbonyl (C=O) groups excluding carboxylic acids is 2. The SMILES string of the molecule is CC(C)C1=C2C3CCC4C5(C)CCC(OC(=O)CC(C)(C)C(=O)O)C(C)(C)C5CCC4(C)C3(C)CCC2(C(O)CN(CCN(C)C)CC2CCC2)CC1=O. The zero-order valence-electron chi connectivity index (χ0n) is 36.0. The number of carbonyl (C=O) groups is 3. The second-order valence-electron chi connectivity index (χ2n) is 21.9. The second-order valence-corrected chi connectivity index (χ2v) is 21.9. The van der Waals surface area contributed by atoms with E-state index in [1.807, 2.05) is 0 Å². The number of ketones is 1. The first-order valence-corrected chi connectivity index (χ1v) is 21.8.